The molecule has 0 saturated carbocycles. The van der Waals surface area contributed by atoms with Crippen LogP contribution in [0.3, 0.4) is 0 Å². The molecule has 0 unspecified atom stereocenters. The van der Waals surface area contributed by atoms with E-state index in [-0.39, 0.29) is 23.2 Å². The summed E-state index contributed by atoms with van der Waals surface area (Å²) >= 11 is 0.818. The van der Waals surface area contributed by atoms with Crippen molar-refractivity contribution in [3.05, 3.63) is 119 Å². The normalized spacial score (nSPS) is 11.5. The number of rotatable bonds is 15. The Labute approximate surface area is 285 Å². The summed E-state index contributed by atoms with van der Waals surface area (Å²) in [5, 5.41) is 13.5. The predicted octanol–water partition coefficient (Wildman–Crippen LogP) is 8.31. The van der Waals surface area contributed by atoms with E-state index in [0.29, 0.717) is 61.9 Å². The zero-order valence-electron chi connectivity index (χ0n) is 25.4. The van der Waals surface area contributed by atoms with Crippen LogP contribution in [0.4, 0.5) is 49.1 Å². The van der Waals surface area contributed by atoms with Crippen LogP contribution in [0, 0.1) is 0 Å². The van der Waals surface area contributed by atoms with E-state index in [1.54, 1.807) is 48.5 Å². The zero-order valence-corrected chi connectivity index (χ0v) is 28.8. The molecule has 0 fully saturated rings. The fraction of sp³-hybridized carbons (Fsp3) is 0.235. The SMILES string of the molecule is O=C(NCCC[Se][Se]CCCNC(=O)c1ccccc1Nc1cccc(C(F)(F)F)c1)c1ccccc1Nc1cccc(C(F)(F)F)c1. The van der Waals surface area contributed by atoms with Crippen molar-refractivity contribution >= 4 is 60.8 Å². The van der Waals surface area contributed by atoms with Gasteiger partial charge in [0, 0.05) is 0 Å². The number of amides is 2. The summed E-state index contributed by atoms with van der Waals surface area (Å²) in [5.74, 6) is -0.629. The van der Waals surface area contributed by atoms with Gasteiger partial charge in [0.25, 0.3) is 0 Å². The molecule has 254 valence electrons. The van der Waals surface area contributed by atoms with Crippen LogP contribution >= 0.6 is 0 Å². The summed E-state index contributed by atoms with van der Waals surface area (Å²) in [7, 11) is 0. The number of halogens is 6. The Morgan fingerprint density at radius 1 is 0.542 bits per heavy atom. The number of carbonyl (C=O) groups excluding carboxylic acids is 2. The van der Waals surface area contributed by atoms with Gasteiger partial charge in [-0.05, 0) is 0 Å². The second-order valence-electron chi connectivity index (χ2n) is 10.4. The van der Waals surface area contributed by atoms with Crippen LogP contribution in [-0.4, -0.2) is 51.2 Å². The molecule has 4 N–H and O–H groups in total. The van der Waals surface area contributed by atoms with Gasteiger partial charge in [-0.2, -0.15) is 26.3 Å². The Hall–Kier alpha value is -3.96. The number of alkyl halides is 6. The molecule has 14 heteroatoms. The van der Waals surface area contributed by atoms with Gasteiger partial charge in [0.15, 0.2) is 0 Å². The fourth-order valence-corrected chi connectivity index (χ4v) is 11.1. The molecule has 0 saturated heterocycles. The van der Waals surface area contributed by atoms with Crippen LogP contribution in [-0.2, 0) is 12.4 Å². The molecule has 0 aliphatic heterocycles. The average molecular weight is 801 g/mol. The van der Waals surface area contributed by atoms with Crippen LogP contribution < -0.4 is 21.3 Å². The Balaban J connectivity index is 1.13. The molecule has 4 aromatic carbocycles. The van der Waals surface area contributed by atoms with E-state index in [1.165, 1.54) is 24.3 Å². The average Bonchev–Trinajstić information content (AvgIpc) is 3.05. The summed E-state index contributed by atoms with van der Waals surface area (Å²) < 4.78 is 78.5. The number of benzene rings is 4. The third-order valence-electron chi connectivity index (χ3n) is 6.74. The molecule has 0 heterocycles. The van der Waals surface area contributed by atoms with Gasteiger partial charge in [-0.25, -0.2) is 0 Å². The maximum atomic E-state index is 13.1. The van der Waals surface area contributed by atoms with Gasteiger partial charge in [0.1, 0.15) is 0 Å². The first kappa shape index (κ1) is 36.9. The third kappa shape index (κ3) is 11.3. The summed E-state index contributed by atoms with van der Waals surface area (Å²) in [6, 6.07) is 22.9. The van der Waals surface area contributed by atoms with Crippen LogP contribution in [0.5, 0.6) is 0 Å². The summed E-state index contributed by atoms with van der Waals surface area (Å²) in [5.41, 5.74) is 0.374. The molecule has 0 aromatic heterocycles. The van der Waals surface area contributed by atoms with Crippen LogP contribution in [0.15, 0.2) is 97.1 Å². The number of hydrogen-bond donors (Lipinski definition) is 4. The molecular formula is C34H32F6N4O2Se2. The molecule has 4 aromatic rings. The van der Waals surface area contributed by atoms with Gasteiger partial charge >= 0.3 is 260 Å². The number of carbonyl (C=O) groups is 2. The van der Waals surface area contributed by atoms with Crippen molar-refractivity contribution in [3.63, 3.8) is 0 Å². The molecule has 0 aliphatic rings. The third-order valence-corrected chi connectivity index (χ3v) is 14.5. The van der Waals surface area contributed by atoms with Crippen LogP contribution in [0.1, 0.15) is 44.7 Å². The predicted molar refractivity (Wildman–Crippen MR) is 177 cm³/mol. The zero-order chi connectivity index (χ0) is 34.6. The van der Waals surface area contributed by atoms with Crippen molar-refractivity contribution in [3.8, 4) is 0 Å². The summed E-state index contributed by atoms with van der Waals surface area (Å²) in [4.78, 5) is 25.6. The van der Waals surface area contributed by atoms with E-state index < -0.39 is 23.5 Å². The number of anilines is 4. The second-order valence-corrected chi connectivity index (χ2v) is 18.2. The van der Waals surface area contributed by atoms with E-state index in [2.05, 4.69) is 21.3 Å². The Morgan fingerprint density at radius 2 is 0.938 bits per heavy atom. The first-order valence-electron chi connectivity index (χ1n) is 14.8. The van der Waals surface area contributed by atoms with E-state index in [1.807, 2.05) is 0 Å². The topological polar surface area (TPSA) is 82.3 Å². The molecule has 6 nitrogen and oxygen atoms in total. The number of para-hydroxylation sites is 2. The monoisotopic (exact) mass is 802 g/mol. The van der Waals surface area contributed by atoms with Crippen LogP contribution in [0.25, 0.3) is 0 Å². The van der Waals surface area contributed by atoms with Gasteiger partial charge in [-0.3, -0.25) is 0 Å². The van der Waals surface area contributed by atoms with Gasteiger partial charge in [0.05, 0.1) is 0 Å². The quantitative estimate of drug-likeness (QED) is 0.0555. The maximum absolute atomic E-state index is 13.1. The van der Waals surface area contributed by atoms with Crippen LogP contribution in [0.2, 0.25) is 10.6 Å². The standard InChI is InChI=1S/C34H32F6N4O2Se2/c35-33(36,37)23-9-5-11-25(21-23)43-29-15-3-1-13-27(29)31(45)41-17-7-19-47-48-20-8-18-42-32(46)28-14-2-4-16-30(28)44-26-12-6-10-24(22-26)34(38,39)40/h1-6,9-16,21-22,43-44H,7-8,17-20H2,(H,41,45)(H,42,46). The molecule has 0 spiro atoms. The molecule has 48 heavy (non-hydrogen) atoms. The molecule has 4 rings (SSSR count). The Morgan fingerprint density at radius 3 is 1.33 bits per heavy atom. The first-order valence-corrected chi connectivity index (χ1v) is 21.5. The van der Waals surface area contributed by atoms with E-state index in [0.717, 1.165) is 47.7 Å². The molecule has 2 amide bonds. The fourth-order valence-electron chi connectivity index (χ4n) is 4.41. The van der Waals surface area contributed by atoms with Crippen molar-refractivity contribution in [2.75, 3.05) is 23.7 Å². The first-order chi connectivity index (χ1) is 22.9. The molecular weight excluding hydrogens is 768 g/mol. The molecule has 0 atom stereocenters. The Kier molecular flexibility index (Phi) is 13.4. The van der Waals surface area contributed by atoms with E-state index in [9.17, 15) is 35.9 Å². The van der Waals surface area contributed by atoms with Gasteiger partial charge in [0.2, 0.25) is 0 Å². The summed E-state index contributed by atoms with van der Waals surface area (Å²) in [6.07, 6.45) is -7.35. The van der Waals surface area contributed by atoms with Gasteiger partial charge < -0.3 is 0 Å². The van der Waals surface area contributed by atoms with Crippen molar-refractivity contribution in [1.82, 2.24) is 10.6 Å². The molecule has 0 radical (unpaired) electrons. The van der Waals surface area contributed by atoms with Crippen molar-refractivity contribution in [2.45, 2.75) is 35.8 Å². The Bertz CT molecular complexity index is 1560. The van der Waals surface area contributed by atoms with Crippen molar-refractivity contribution in [2.24, 2.45) is 0 Å². The number of hydrogen-bond acceptors (Lipinski definition) is 4. The minimum absolute atomic E-state index is 0.227. The summed E-state index contributed by atoms with van der Waals surface area (Å²) in [6.45, 7) is 0.942. The second kappa shape index (κ2) is 17.4. The van der Waals surface area contributed by atoms with Gasteiger partial charge in [-0.1, -0.05) is 0 Å². The van der Waals surface area contributed by atoms with E-state index in [4.69, 9.17) is 0 Å². The van der Waals surface area contributed by atoms with Gasteiger partial charge in [-0.15, -0.1) is 0 Å². The molecule has 0 aliphatic carbocycles. The minimum atomic E-state index is -4.47. The van der Waals surface area contributed by atoms with Crippen molar-refractivity contribution < 1.29 is 35.9 Å². The number of nitrogens with one attached hydrogen (secondary N) is 4. The van der Waals surface area contributed by atoms with E-state index >= 15 is 0 Å². The molecule has 0 bridgehead atoms. The van der Waals surface area contributed by atoms with Crippen molar-refractivity contribution in [1.29, 1.82) is 0 Å².